The highest BCUT2D eigenvalue weighted by molar-refractivity contribution is 5.73. The van der Waals surface area contributed by atoms with Crippen molar-refractivity contribution < 1.29 is 0 Å². The number of anilines is 2. The number of nitrogens with zero attached hydrogens (tertiary/aromatic N) is 1. The van der Waals surface area contributed by atoms with Crippen LogP contribution in [0.3, 0.4) is 0 Å². The third-order valence-corrected chi connectivity index (χ3v) is 7.71. The molecule has 0 fully saturated rings. The van der Waals surface area contributed by atoms with Gasteiger partial charge in [0.05, 0.1) is 17.9 Å². The third-order valence-electron chi connectivity index (χ3n) is 7.71. The van der Waals surface area contributed by atoms with Gasteiger partial charge in [-0.1, -0.05) is 109 Å². The number of rotatable bonds is 7. The first-order valence-corrected chi connectivity index (χ1v) is 14.3. The van der Waals surface area contributed by atoms with Gasteiger partial charge in [0.1, 0.15) is 0 Å². The lowest BCUT2D eigenvalue weighted by atomic mass is 9.94. The molecule has 208 valence electrons. The standard InChI is InChI=1S/C37H40N4/c1-4-29(35(38)26-40-41-36-18-9-7-16-32(36)24-33-17-8-10-19-37(33)41)22-28(3)23-34-25-31-15-6-5-14-30(31)21-27(2)13-11-12-20-39-34/h4-20,23,34,39-40H,1-2,21-22,24-26,38H2,3H3/b13-11-,20-12-,28-23+,35-29-. The summed E-state index contributed by atoms with van der Waals surface area (Å²) in [6.45, 7) is 11.0. The molecule has 4 nitrogen and oxygen atoms in total. The Hall–Kier alpha value is -4.54. The summed E-state index contributed by atoms with van der Waals surface area (Å²) >= 11 is 0. The second-order valence-electron chi connectivity index (χ2n) is 10.8. The minimum absolute atomic E-state index is 0.152. The fraction of sp³-hybridized carbons (Fsp3) is 0.189. The number of para-hydroxylation sites is 2. The Morgan fingerprint density at radius 3 is 2.24 bits per heavy atom. The molecule has 4 heteroatoms. The van der Waals surface area contributed by atoms with Gasteiger partial charge in [-0.15, -0.1) is 0 Å². The van der Waals surface area contributed by atoms with Crippen molar-refractivity contribution in [3.8, 4) is 0 Å². The number of hydrogen-bond acceptors (Lipinski definition) is 4. The molecule has 0 bridgehead atoms. The molecule has 0 saturated heterocycles. The van der Waals surface area contributed by atoms with Crippen LogP contribution in [-0.2, 0) is 19.3 Å². The molecule has 1 atom stereocenters. The predicted octanol–water partition coefficient (Wildman–Crippen LogP) is 7.35. The second kappa shape index (κ2) is 13.2. The smallest absolute Gasteiger partial charge is 0.0613 e. The van der Waals surface area contributed by atoms with Gasteiger partial charge in [-0.05, 0) is 78.4 Å². The van der Waals surface area contributed by atoms with Crippen molar-refractivity contribution in [2.45, 2.75) is 38.6 Å². The molecule has 2 aliphatic rings. The maximum absolute atomic E-state index is 6.69. The van der Waals surface area contributed by atoms with Crippen LogP contribution in [-0.4, -0.2) is 12.6 Å². The first kappa shape index (κ1) is 28.0. The van der Waals surface area contributed by atoms with Crippen LogP contribution in [0.15, 0.2) is 145 Å². The fourth-order valence-electron chi connectivity index (χ4n) is 5.62. The van der Waals surface area contributed by atoms with E-state index in [2.05, 4.69) is 121 Å². The number of nitrogens with two attached hydrogens (primary N) is 1. The molecule has 2 aliphatic heterocycles. The summed E-state index contributed by atoms with van der Waals surface area (Å²) < 4.78 is 0. The van der Waals surface area contributed by atoms with Crippen LogP contribution >= 0.6 is 0 Å². The zero-order valence-electron chi connectivity index (χ0n) is 23.9. The van der Waals surface area contributed by atoms with Crippen LogP contribution in [0.2, 0.25) is 0 Å². The largest absolute Gasteiger partial charge is 0.401 e. The van der Waals surface area contributed by atoms with Gasteiger partial charge in [0, 0.05) is 18.2 Å². The summed E-state index contributed by atoms with van der Waals surface area (Å²) in [7, 11) is 0. The molecule has 0 saturated carbocycles. The number of fused-ring (bicyclic) bond motifs is 3. The topological polar surface area (TPSA) is 53.3 Å². The number of benzene rings is 3. The summed E-state index contributed by atoms with van der Waals surface area (Å²) in [5.74, 6) is 0. The average molecular weight is 541 g/mol. The van der Waals surface area contributed by atoms with Crippen LogP contribution in [0.25, 0.3) is 0 Å². The van der Waals surface area contributed by atoms with Crippen molar-refractivity contribution >= 4 is 11.4 Å². The minimum Gasteiger partial charge on any atom is -0.401 e. The van der Waals surface area contributed by atoms with E-state index in [-0.39, 0.29) is 6.04 Å². The van der Waals surface area contributed by atoms with Crippen molar-refractivity contribution in [1.29, 1.82) is 0 Å². The Morgan fingerprint density at radius 2 is 1.56 bits per heavy atom. The highest BCUT2D eigenvalue weighted by atomic mass is 15.5. The Bertz CT molecular complexity index is 1490. The molecule has 3 aromatic carbocycles. The van der Waals surface area contributed by atoms with E-state index in [0.717, 1.165) is 42.5 Å². The monoisotopic (exact) mass is 540 g/mol. The maximum Gasteiger partial charge on any atom is 0.0613 e. The number of hydrazine groups is 1. The van der Waals surface area contributed by atoms with E-state index >= 15 is 0 Å². The van der Waals surface area contributed by atoms with E-state index in [0.29, 0.717) is 6.54 Å². The zero-order chi connectivity index (χ0) is 28.6. The van der Waals surface area contributed by atoms with Crippen molar-refractivity contribution in [3.05, 3.63) is 167 Å². The van der Waals surface area contributed by atoms with Crippen LogP contribution in [0, 0.1) is 0 Å². The SMILES string of the molecule is C=C/C(C/C(C)=C/C1Cc2ccccc2CC(=C)/C=C\C=C/N1)=C(/N)CNN1c2ccccc2Cc2ccccc21. The van der Waals surface area contributed by atoms with Crippen LogP contribution in [0.5, 0.6) is 0 Å². The minimum atomic E-state index is 0.152. The van der Waals surface area contributed by atoms with E-state index in [1.807, 2.05) is 24.4 Å². The van der Waals surface area contributed by atoms with E-state index in [9.17, 15) is 0 Å². The van der Waals surface area contributed by atoms with Crippen molar-refractivity contribution in [2.24, 2.45) is 5.73 Å². The van der Waals surface area contributed by atoms with E-state index in [1.54, 1.807) is 0 Å². The van der Waals surface area contributed by atoms with Gasteiger partial charge >= 0.3 is 0 Å². The first-order valence-electron chi connectivity index (χ1n) is 14.3. The highest BCUT2D eigenvalue weighted by Gasteiger charge is 2.22. The molecule has 5 rings (SSSR count). The Labute approximate surface area is 244 Å². The summed E-state index contributed by atoms with van der Waals surface area (Å²) in [5.41, 5.74) is 22.1. The zero-order valence-corrected chi connectivity index (χ0v) is 23.9. The Kier molecular flexibility index (Phi) is 9.02. The number of hydrogen-bond donors (Lipinski definition) is 3. The van der Waals surface area contributed by atoms with Crippen LogP contribution in [0.1, 0.15) is 35.6 Å². The van der Waals surface area contributed by atoms with Crippen LogP contribution < -0.4 is 21.5 Å². The van der Waals surface area contributed by atoms with Gasteiger partial charge in [-0.2, -0.15) is 0 Å². The molecule has 0 aliphatic carbocycles. The Balaban J connectivity index is 1.32. The summed E-state index contributed by atoms with van der Waals surface area (Å²) in [6, 6.07) is 25.9. The van der Waals surface area contributed by atoms with Gasteiger partial charge in [-0.3, -0.25) is 5.01 Å². The summed E-state index contributed by atoms with van der Waals surface area (Å²) in [6.07, 6.45) is 15.8. The van der Waals surface area contributed by atoms with Gasteiger partial charge < -0.3 is 11.1 Å². The number of nitrogens with one attached hydrogen (secondary N) is 2. The van der Waals surface area contributed by atoms with E-state index in [4.69, 9.17) is 5.73 Å². The summed E-state index contributed by atoms with van der Waals surface area (Å²) in [4.78, 5) is 0. The van der Waals surface area contributed by atoms with Crippen LogP contribution in [0.4, 0.5) is 11.4 Å². The first-order chi connectivity index (χ1) is 20.0. The van der Waals surface area contributed by atoms with Crippen molar-refractivity contribution in [1.82, 2.24) is 10.7 Å². The van der Waals surface area contributed by atoms with E-state index < -0.39 is 0 Å². The predicted molar refractivity (Wildman–Crippen MR) is 174 cm³/mol. The molecule has 3 aromatic rings. The highest BCUT2D eigenvalue weighted by Crippen LogP contribution is 2.37. The lowest BCUT2D eigenvalue weighted by molar-refractivity contribution is 0.685. The van der Waals surface area contributed by atoms with Crippen molar-refractivity contribution in [3.63, 3.8) is 0 Å². The van der Waals surface area contributed by atoms with Gasteiger partial charge in [0.15, 0.2) is 0 Å². The summed E-state index contributed by atoms with van der Waals surface area (Å²) in [5, 5.41) is 5.75. The van der Waals surface area contributed by atoms with E-state index in [1.165, 1.54) is 39.2 Å². The molecule has 1 unspecified atom stereocenters. The van der Waals surface area contributed by atoms with Gasteiger partial charge in [-0.25, -0.2) is 5.43 Å². The molecule has 4 N–H and O–H groups in total. The van der Waals surface area contributed by atoms with Crippen molar-refractivity contribution in [2.75, 3.05) is 11.6 Å². The molecular weight excluding hydrogens is 500 g/mol. The van der Waals surface area contributed by atoms with Gasteiger partial charge in [0.2, 0.25) is 0 Å². The Morgan fingerprint density at radius 1 is 0.927 bits per heavy atom. The molecule has 0 spiro atoms. The molecule has 2 heterocycles. The molecule has 0 radical (unpaired) electrons. The maximum atomic E-state index is 6.69. The van der Waals surface area contributed by atoms with Gasteiger partial charge in [0.25, 0.3) is 0 Å². The number of allylic oxidation sites excluding steroid dienone is 7. The fourth-order valence-corrected chi connectivity index (χ4v) is 5.62. The molecular formula is C37H40N4. The average Bonchev–Trinajstić information content (AvgIpc) is 3.01. The molecule has 41 heavy (non-hydrogen) atoms. The third kappa shape index (κ3) is 6.97. The lowest BCUT2D eigenvalue weighted by Gasteiger charge is -2.33. The quantitative estimate of drug-likeness (QED) is 0.217. The second-order valence-corrected chi connectivity index (χ2v) is 10.8. The lowest BCUT2D eigenvalue weighted by Crippen LogP contribution is -2.39. The molecule has 0 amide bonds. The normalized spacial score (nSPS) is 19.0. The molecule has 0 aromatic heterocycles.